The molecule has 0 aliphatic heterocycles. The van der Waals surface area contributed by atoms with Crippen LogP contribution in [-0.4, -0.2) is 60.3 Å². The van der Waals surface area contributed by atoms with Crippen LogP contribution in [0.4, 0.5) is 0 Å². The van der Waals surface area contributed by atoms with Gasteiger partial charge in [-0.15, -0.1) is 0 Å². The summed E-state index contributed by atoms with van der Waals surface area (Å²) < 4.78 is 10.8. The highest BCUT2D eigenvalue weighted by Crippen LogP contribution is 2.28. The van der Waals surface area contributed by atoms with E-state index < -0.39 is 5.54 Å². The molecule has 0 atom stereocenters. The second-order valence-corrected chi connectivity index (χ2v) is 7.10. The molecule has 0 saturated heterocycles. The lowest BCUT2D eigenvalue weighted by molar-refractivity contribution is -0.134. The Morgan fingerprint density at radius 2 is 1.92 bits per heavy atom. The Kier molecular flexibility index (Phi) is 6.85. The summed E-state index contributed by atoms with van der Waals surface area (Å²) >= 11 is 0. The number of benzene rings is 1. The predicted octanol–water partition coefficient (Wildman–Crippen LogP) is 1.34. The fourth-order valence-corrected chi connectivity index (χ4v) is 2.56. The molecule has 1 aliphatic carbocycles. The third kappa shape index (κ3) is 5.91. The molecule has 26 heavy (non-hydrogen) atoms. The van der Waals surface area contributed by atoms with Crippen LogP contribution in [0.25, 0.3) is 0 Å². The van der Waals surface area contributed by atoms with Gasteiger partial charge >= 0.3 is 0 Å². The first-order valence-electron chi connectivity index (χ1n) is 8.83. The largest absolute Gasteiger partial charge is 0.493 e. The second-order valence-electron chi connectivity index (χ2n) is 7.10. The van der Waals surface area contributed by atoms with Crippen LogP contribution in [0.5, 0.6) is 11.5 Å². The monoisotopic (exact) mass is 364 g/mol. The number of ether oxygens (including phenoxy) is 2. The van der Waals surface area contributed by atoms with Crippen molar-refractivity contribution in [1.29, 1.82) is 0 Å². The van der Waals surface area contributed by atoms with Gasteiger partial charge in [0, 0.05) is 19.0 Å². The Morgan fingerprint density at radius 1 is 1.27 bits per heavy atom. The molecule has 7 heteroatoms. The first-order valence-corrected chi connectivity index (χ1v) is 8.83. The molecule has 0 aromatic heterocycles. The number of hydrogen-bond donors (Lipinski definition) is 2. The van der Waals surface area contributed by atoms with E-state index in [-0.39, 0.29) is 37.5 Å². The number of carbonyl (C=O) groups is 2. The van der Waals surface area contributed by atoms with Gasteiger partial charge in [0.25, 0.3) is 5.91 Å². The standard InChI is InChI=1S/C19H28N2O5/c1-19(2,13-22)20-17(23)10-11-21(14-8-9-14)18(24)12-26-16-7-5-4-6-15(16)25-3/h4-7,14,22H,8-13H2,1-3H3,(H,20,23). The zero-order valence-electron chi connectivity index (χ0n) is 15.7. The Balaban J connectivity index is 1.87. The highest BCUT2D eigenvalue weighted by molar-refractivity contribution is 5.80. The van der Waals surface area contributed by atoms with E-state index in [0.717, 1.165) is 12.8 Å². The number of carbonyl (C=O) groups excluding carboxylic acids is 2. The van der Waals surface area contributed by atoms with Crippen molar-refractivity contribution in [2.24, 2.45) is 0 Å². The summed E-state index contributed by atoms with van der Waals surface area (Å²) in [4.78, 5) is 26.3. The van der Waals surface area contributed by atoms with E-state index in [2.05, 4.69) is 5.32 Å². The normalized spacial score (nSPS) is 13.8. The summed E-state index contributed by atoms with van der Waals surface area (Å²) in [5, 5.41) is 12.0. The molecule has 0 spiro atoms. The van der Waals surface area contributed by atoms with Crippen LogP contribution in [0.3, 0.4) is 0 Å². The molecule has 0 bridgehead atoms. The number of rotatable bonds is 10. The van der Waals surface area contributed by atoms with Gasteiger partial charge in [0.2, 0.25) is 5.91 Å². The van der Waals surface area contributed by atoms with Crippen LogP contribution in [0.15, 0.2) is 24.3 Å². The fraction of sp³-hybridized carbons (Fsp3) is 0.579. The molecule has 1 aromatic rings. The highest BCUT2D eigenvalue weighted by atomic mass is 16.5. The van der Waals surface area contributed by atoms with Gasteiger partial charge in [-0.3, -0.25) is 9.59 Å². The minimum Gasteiger partial charge on any atom is -0.493 e. The van der Waals surface area contributed by atoms with Crippen molar-refractivity contribution >= 4 is 11.8 Å². The molecule has 2 amide bonds. The van der Waals surface area contributed by atoms with Crippen LogP contribution in [-0.2, 0) is 9.59 Å². The van der Waals surface area contributed by atoms with E-state index in [1.807, 2.05) is 12.1 Å². The van der Waals surface area contributed by atoms with Gasteiger partial charge in [0.05, 0.1) is 19.3 Å². The number of nitrogens with zero attached hydrogens (tertiary/aromatic N) is 1. The van der Waals surface area contributed by atoms with Crippen molar-refractivity contribution in [1.82, 2.24) is 10.2 Å². The van der Waals surface area contributed by atoms with Crippen molar-refractivity contribution in [3.8, 4) is 11.5 Å². The molecule has 1 saturated carbocycles. The van der Waals surface area contributed by atoms with E-state index in [0.29, 0.717) is 18.0 Å². The maximum Gasteiger partial charge on any atom is 0.260 e. The molecule has 7 nitrogen and oxygen atoms in total. The van der Waals surface area contributed by atoms with Gasteiger partial charge in [-0.2, -0.15) is 0 Å². The van der Waals surface area contributed by atoms with Gasteiger partial charge in [0.1, 0.15) is 0 Å². The van der Waals surface area contributed by atoms with Crippen LogP contribution in [0.1, 0.15) is 33.1 Å². The van der Waals surface area contributed by atoms with E-state index in [9.17, 15) is 14.7 Å². The number of para-hydroxylation sites is 2. The lowest BCUT2D eigenvalue weighted by Crippen LogP contribution is -2.47. The fourth-order valence-electron chi connectivity index (χ4n) is 2.56. The van der Waals surface area contributed by atoms with Crippen LogP contribution in [0.2, 0.25) is 0 Å². The lowest BCUT2D eigenvalue weighted by Gasteiger charge is -2.26. The van der Waals surface area contributed by atoms with Crippen LogP contribution < -0.4 is 14.8 Å². The summed E-state index contributed by atoms with van der Waals surface area (Å²) in [6, 6.07) is 7.34. The number of amides is 2. The van der Waals surface area contributed by atoms with Crippen molar-refractivity contribution < 1.29 is 24.2 Å². The van der Waals surface area contributed by atoms with Gasteiger partial charge in [0.15, 0.2) is 18.1 Å². The Bertz CT molecular complexity index is 628. The number of hydrogen-bond acceptors (Lipinski definition) is 5. The number of nitrogens with one attached hydrogen (secondary N) is 1. The first-order chi connectivity index (χ1) is 12.4. The quantitative estimate of drug-likeness (QED) is 0.654. The molecule has 0 radical (unpaired) electrons. The summed E-state index contributed by atoms with van der Waals surface area (Å²) in [5.41, 5.74) is -0.668. The Morgan fingerprint density at radius 3 is 2.50 bits per heavy atom. The number of aliphatic hydroxyl groups is 1. The molecule has 1 aliphatic rings. The van der Waals surface area contributed by atoms with Gasteiger partial charge in [-0.05, 0) is 38.8 Å². The summed E-state index contributed by atoms with van der Waals surface area (Å²) in [5.74, 6) is 0.756. The highest BCUT2D eigenvalue weighted by Gasteiger charge is 2.33. The Hall–Kier alpha value is -2.28. The second kappa shape index (κ2) is 8.89. The molecule has 2 N–H and O–H groups in total. The third-order valence-electron chi connectivity index (χ3n) is 4.18. The van der Waals surface area contributed by atoms with E-state index >= 15 is 0 Å². The summed E-state index contributed by atoms with van der Waals surface area (Å²) in [6.45, 7) is 3.59. The zero-order valence-corrected chi connectivity index (χ0v) is 15.7. The predicted molar refractivity (Wildman–Crippen MR) is 97.1 cm³/mol. The van der Waals surface area contributed by atoms with Gasteiger partial charge in [-0.1, -0.05) is 12.1 Å². The van der Waals surface area contributed by atoms with Crippen LogP contribution >= 0.6 is 0 Å². The molecule has 0 unspecified atom stereocenters. The minimum absolute atomic E-state index is 0.0966. The minimum atomic E-state index is -0.668. The summed E-state index contributed by atoms with van der Waals surface area (Å²) in [6.07, 6.45) is 2.09. The SMILES string of the molecule is COc1ccccc1OCC(=O)N(CCC(=O)NC(C)(C)CO)C1CC1. The average molecular weight is 364 g/mol. The van der Waals surface area contributed by atoms with Crippen molar-refractivity contribution in [2.45, 2.75) is 44.7 Å². The molecule has 0 heterocycles. The van der Waals surface area contributed by atoms with Crippen molar-refractivity contribution in [3.63, 3.8) is 0 Å². The van der Waals surface area contributed by atoms with Crippen molar-refractivity contribution in [3.05, 3.63) is 24.3 Å². The third-order valence-corrected chi connectivity index (χ3v) is 4.18. The topological polar surface area (TPSA) is 88.1 Å². The number of aliphatic hydroxyl groups excluding tert-OH is 1. The summed E-state index contributed by atoms with van der Waals surface area (Å²) in [7, 11) is 1.55. The molecule has 2 rings (SSSR count). The molecule has 144 valence electrons. The van der Waals surface area contributed by atoms with Gasteiger partial charge < -0.3 is 24.8 Å². The van der Waals surface area contributed by atoms with E-state index in [1.165, 1.54) is 0 Å². The molecule has 1 aromatic carbocycles. The number of methoxy groups -OCH3 is 1. The van der Waals surface area contributed by atoms with E-state index in [1.54, 1.807) is 38.0 Å². The maximum atomic E-state index is 12.5. The Labute approximate surface area is 154 Å². The van der Waals surface area contributed by atoms with Gasteiger partial charge in [-0.25, -0.2) is 0 Å². The average Bonchev–Trinajstić information content (AvgIpc) is 3.45. The first kappa shape index (κ1) is 20.0. The van der Waals surface area contributed by atoms with E-state index in [4.69, 9.17) is 9.47 Å². The lowest BCUT2D eigenvalue weighted by atomic mass is 10.1. The zero-order chi connectivity index (χ0) is 19.2. The van der Waals surface area contributed by atoms with Crippen LogP contribution in [0, 0.1) is 0 Å². The maximum absolute atomic E-state index is 12.5. The van der Waals surface area contributed by atoms with Crippen molar-refractivity contribution in [2.75, 3.05) is 26.9 Å². The molecular weight excluding hydrogens is 336 g/mol. The molecule has 1 fully saturated rings. The molecular formula is C19H28N2O5. The smallest absolute Gasteiger partial charge is 0.260 e.